The van der Waals surface area contributed by atoms with Gasteiger partial charge in [-0.15, -0.1) is 0 Å². The maximum atomic E-state index is 11.8. The van der Waals surface area contributed by atoms with Crippen LogP contribution in [0.5, 0.6) is 0 Å². The van der Waals surface area contributed by atoms with Gasteiger partial charge in [-0.3, -0.25) is 4.79 Å². The molecule has 0 aliphatic carbocycles. The van der Waals surface area contributed by atoms with E-state index in [1.165, 1.54) is 12.1 Å². The Morgan fingerprint density at radius 1 is 1.42 bits per heavy atom. The third-order valence-corrected chi connectivity index (χ3v) is 3.41. The fourth-order valence-corrected chi connectivity index (χ4v) is 2.54. The topological polar surface area (TPSA) is 58.6 Å². The monoisotopic (exact) mass is 303 g/mol. The minimum absolute atomic E-state index is 0.0408. The molecule has 1 heterocycles. The Bertz CT molecular complexity index is 441. The van der Waals surface area contributed by atoms with Crippen LogP contribution in [0.2, 0.25) is 10.0 Å². The third-order valence-electron chi connectivity index (χ3n) is 2.98. The van der Waals surface area contributed by atoms with Gasteiger partial charge in [-0.1, -0.05) is 23.2 Å². The molecule has 0 aromatic heterocycles. The van der Waals surface area contributed by atoms with E-state index in [0.29, 0.717) is 22.2 Å². The normalized spacial score (nSPS) is 20.3. The molecule has 2 rings (SSSR count). The molecule has 2 atom stereocenters. The fraction of sp³-hybridized carbons (Fsp3) is 0.462. The molecule has 2 unspecified atom stereocenters. The molecule has 1 aromatic rings. The Balaban J connectivity index is 1.93. The Morgan fingerprint density at radius 3 is 2.68 bits per heavy atom. The zero-order valence-corrected chi connectivity index (χ0v) is 11.7. The number of amides is 1. The Hall–Kier alpha value is -0.810. The predicted molar refractivity (Wildman–Crippen MR) is 73.4 cm³/mol. The van der Waals surface area contributed by atoms with E-state index in [1.54, 1.807) is 6.07 Å². The summed E-state index contributed by atoms with van der Waals surface area (Å²) >= 11 is 11.7. The van der Waals surface area contributed by atoms with E-state index in [2.05, 4.69) is 5.32 Å². The van der Waals surface area contributed by atoms with Crippen molar-refractivity contribution in [2.24, 2.45) is 0 Å². The van der Waals surface area contributed by atoms with Gasteiger partial charge in [-0.25, -0.2) is 0 Å². The first-order valence-corrected chi connectivity index (χ1v) is 6.85. The van der Waals surface area contributed by atoms with Crippen molar-refractivity contribution in [3.63, 3.8) is 0 Å². The number of hydrogen-bond acceptors (Lipinski definition) is 3. The minimum atomic E-state index is -1.28. The highest BCUT2D eigenvalue weighted by molar-refractivity contribution is 6.34. The van der Waals surface area contributed by atoms with E-state index in [-0.39, 0.29) is 6.10 Å². The predicted octanol–water partition coefficient (Wildman–Crippen LogP) is 2.32. The van der Waals surface area contributed by atoms with Gasteiger partial charge in [0.2, 0.25) is 0 Å². The average Bonchev–Trinajstić information content (AvgIpc) is 2.87. The van der Waals surface area contributed by atoms with E-state index in [0.717, 1.165) is 19.4 Å². The maximum absolute atomic E-state index is 11.8. The van der Waals surface area contributed by atoms with Crippen LogP contribution < -0.4 is 5.32 Å². The summed E-state index contributed by atoms with van der Waals surface area (Å²) in [4.78, 5) is 11.8. The molecular weight excluding hydrogens is 289 g/mol. The zero-order chi connectivity index (χ0) is 13.8. The van der Waals surface area contributed by atoms with Crippen LogP contribution in [0.3, 0.4) is 0 Å². The lowest BCUT2D eigenvalue weighted by atomic mass is 10.1. The van der Waals surface area contributed by atoms with Gasteiger partial charge in [0, 0.05) is 23.2 Å². The molecule has 1 fully saturated rings. The number of halogens is 2. The SMILES string of the molecule is O=C(NCC1CCCO1)C(O)c1cc(Cl)cc(Cl)c1. The van der Waals surface area contributed by atoms with Crippen LogP contribution in [0.1, 0.15) is 24.5 Å². The zero-order valence-electron chi connectivity index (χ0n) is 10.2. The average molecular weight is 304 g/mol. The molecule has 2 N–H and O–H groups in total. The molecule has 6 heteroatoms. The highest BCUT2D eigenvalue weighted by Crippen LogP contribution is 2.23. The molecule has 0 radical (unpaired) electrons. The second-order valence-electron chi connectivity index (χ2n) is 4.49. The summed E-state index contributed by atoms with van der Waals surface area (Å²) in [5.41, 5.74) is 0.377. The number of aliphatic hydroxyl groups is 1. The molecule has 1 saturated heterocycles. The summed E-state index contributed by atoms with van der Waals surface area (Å²) in [6.45, 7) is 1.14. The maximum Gasteiger partial charge on any atom is 0.253 e. The summed E-state index contributed by atoms with van der Waals surface area (Å²) in [5, 5.41) is 13.4. The van der Waals surface area contributed by atoms with Crippen molar-refractivity contribution in [1.82, 2.24) is 5.32 Å². The summed E-state index contributed by atoms with van der Waals surface area (Å²) in [7, 11) is 0. The first-order valence-electron chi connectivity index (χ1n) is 6.09. The first kappa shape index (κ1) is 14.6. The molecule has 0 spiro atoms. The van der Waals surface area contributed by atoms with Crippen LogP contribution in [0, 0.1) is 0 Å². The lowest BCUT2D eigenvalue weighted by Crippen LogP contribution is -2.35. The summed E-state index contributed by atoms with van der Waals surface area (Å²) in [5.74, 6) is -0.478. The molecule has 1 aliphatic heterocycles. The molecule has 1 amide bonds. The second-order valence-corrected chi connectivity index (χ2v) is 5.36. The van der Waals surface area contributed by atoms with E-state index < -0.39 is 12.0 Å². The smallest absolute Gasteiger partial charge is 0.253 e. The molecule has 1 aliphatic rings. The van der Waals surface area contributed by atoms with Gasteiger partial charge in [0.25, 0.3) is 5.91 Å². The Kier molecular flexibility index (Phi) is 5.05. The van der Waals surface area contributed by atoms with Crippen molar-refractivity contribution in [2.45, 2.75) is 25.0 Å². The number of aliphatic hydroxyl groups excluding tert-OH is 1. The second kappa shape index (κ2) is 6.57. The molecule has 104 valence electrons. The van der Waals surface area contributed by atoms with Gasteiger partial charge in [0.15, 0.2) is 6.10 Å². The van der Waals surface area contributed by atoms with Crippen LogP contribution in [0.15, 0.2) is 18.2 Å². The van der Waals surface area contributed by atoms with E-state index >= 15 is 0 Å². The number of carbonyl (C=O) groups is 1. The lowest BCUT2D eigenvalue weighted by molar-refractivity contribution is -0.130. The molecule has 0 bridgehead atoms. The van der Waals surface area contributed by atoms with Crippen molar-refractivity contribution in [1.29, 1.82) is 0 Å². The van der Waals surface area contributed by atoms with Gasteiger partial charge in [0.1, 0.15) is 0 Å². The van der Waals surface area contributed by atoms with E-state index in [1.807, 2.05) is 0 Å². The van der Waals surface area contributed by atoms with E-state index in [9.17, 15) is 9.90 Å². The number of hydrogen-bond donors (Lipinski definition) is 2. The highest BCUT2D eigenvalue weighted by Gasteiger charge is 2.21. The van der Waals surface area contributed by atoms with Gasteiger partial charge in [-0.2, -0.15) is 0 Å². The van der Waals surface area contributed by atoms with Crippen molar-refractivity contribution in [3.05, 3.63) is 33.8 Å². The van der Waals surface area contributed by atoms with Crippen LogP contribution in [0.4, 0.5) is 0 Å². The quantitative estimate of drug-likeness (QED) is 0.897. The molecule has 1 aromatic carbocycles. The third kappa shape index (κ3) is 4.08. The van der Waals surface area contributed by atoms with Crippen molar-refractivity contribution < 1.29 is 14.6 Å². The van der Waals surface area contributed by atoms with Crippen molar-refractivity contribution >= 4 is 29.1 Å². The van der Waals surface area contributed by atoms with Gasteiger partial charge >= 0.3 is 0 Å². The highest BCUT2D eigenvalue weighted by atomic mass is 35.5. The summed E-state index contributed by atoms with van der Waals surface area (Å²) in [6.07, 6.45) is 0.698. The van der Waals surface area contributed by atoms with E-state index in [4.69, 9.17) is 27.9 Å². The number of rotatable bonds is 4. The van der Waals surface area contributed by atoms with Crippen molar-refractivity contribution in [2.75, 3.05) is 13.2 Å². The molecule has 4 nitrogen and oxygen atoms in total. The van der Waals surface area contributed by atoms with Crippen LogP contribution in [-0.4, -0.2) is 30.3 Å². The van der Waals surface area contributed by atoms with Gasteiger partial charge in [-0.05, 0) is 36.6 Å². The first-order chi connectivity index (χ1) is 9.06. The lowest BCUT2D eigenvalue weighted by Gasteiger charge is -2.15. The van der Waals surface area contributed by atoms with Gasteiger partial charge in [0.05, 0.1) is 6.10 Å². The fourth-order valence-electron chi connectivity index (χ4n) is 2.00. The standard InChI is InChI=1S/C13H15Cl2NO3/c14-9-4-8(5-10(15)6-9)12(17)13(18)16-7-11-2-1-3-19-11/h4-6,11-12,17H,1-3,7H2,(H,16,18). The molecular formula is C13H15Cl2NO3. The number of ether oxygens (including phenoxy) is 1. The van der Waals surface area contributed by atoms with Gasteiger partial charge < -0.3 is 15.2 Å². The Morgan fingerprint density at radius 2 is 2.11 bits per heavy atom. The minimum Gasteiger partial charge on any atom is -0.378 e. The summed E-state index contributed by atoms with van der Waals surface area (Å²) in [6, 6.07) is 4.58. The number of carbonyl (C=O) groups excluding carboxylic acids is 1. The largest absolute Gasteiger partial charge is 0.378 e. The van der Waals surface area contributed by atoms with Crippen LogP contribution >= 0.6 is 23.2 Å². The Labute approximate surface area is 121 Å². The molecule has 0 saturated carbocycles. The van der Waals surface area contributed by atoms with Crippen LogP contribution in [0.25, 0.3) is 0 Å². The van der Waals surface area contributed by atoms with Crippen molar-refractivity contribution in [3.8, 4) is 0 Å². The van der Waals surface area contributed by atoms with Crippen LogP contribution in [-0.2, 0) is 9.53 Å². The number of benzene rings is 1. The summed E-state index contributed by atoms with van der Waals surface area (Å²) < 4.78 is 5.39. The molecule has 19 heavy (non-hydrogen) atoms. The number of nitrogens with one attached hydrogen (secondary N) is 1.